The monoisotopic (exact) mass is 332 g/mol. The number of carboxylic acid groups (broad SMARTS) is 1. The number of nitrogens with one attached hydrogen (secondary N) is 2. The average molecular weight is 332 g/mol. The van der Waals surface area contributed by atoms with Crippen LogP contribution in [0.1, 0.15) is 69.5 Å². The zero-order valence-corrected chi connectivity index (χ0v) is 14.7. The number of carbonyl (C=O) groups is 2. The standard InChI is InChI=1S/C19H28N2O3/c1-12(2)14-4-6-15(7-5-14)13(3)20-19(24)21-17-10-8-16(9-11-17)18(22)23/h4-7,12-13,16-17H,8-11H2,1-3H3,(H,22,23)(H2,20,21,24). The first-order valence-corrected chi connectivity index (χ1v) is 8.76. The van der Waals surface area contributed by atoms with Crippen molar-refractivity contribution in [1.29, 1.82) is 0 Å². The number of rotatable bonds is 5. The highest BCUT2D eigenvalue weighted by atomic mass is 16.4. The third-order valence-electron chi connectivity index (χ3n) is 4.86. The lowest BCUT2D eigenvalue weighted by Crippen LogP contribution is -2.44. The van der Waals surface area contributed by atoms with Crippen LogP contribution < -0.4 is 10.6 Å². The molecule has 0 aromatic heterocycles. The van der Waals surface area contributed by atoms with E-state index < -0.39 is 5.97 Å². The van der Waals surface area contributed by atoms with Gasteiger partial charge in [0.05, 0.1) is 12.0 Å². The van der Waals surface area contributed by atoms with Crippen LogP contribution in [0.15, 0.2) is 24.3 Å². The Labute approximate surface area is 143 Å². The van der Waals surface area contributed by atoms with Gasteiger partial charge in [0.2, 0.25) is 0 Å². The Morgan fingerprint density at radius 3 is 2.04 bits per heavy atom. The Kier molecular flexibility index (Phi) is 6.23. The van der Waals surface area contributed by atoms with Gasteiger partial charge in [-0.25, -0.2) is 4.79 Å². The van der Waals surface area contributed by atoms with Gasteiger partial charge in [-0.15, -0.1) is 0 Å². The van der Waals surface area contributed by atoms with E-state index in [1.54, 1.807) is 0 Å². The number of carboxylic acids is 1. The predicted molar refractivity (Wildman–Crippen MR) is 94.0 cm³/mol. The molecular formula is C19H28N2O3. The Balaban J connectivity index is 1.80. The van der Waals surface area contributed by atoms with Crippen molar-refractivity contribution in [1.82, 2.24) is 10.6 Å². The number of benzene rings is 1. The summed E-state index contributed by atoms with van der Waals surface area (Å²) in [6.07, 6.45) is 2.71. The molecule has 1 aliphatic rings. The van der Waals surface area contributed by atoms with Crippen LogP contribution in [0.4, 0.5) is 4.79 Å². The molecule has 1 fully saturated rings. The lowest BCUT2D eigenvalue weighted by atomic mass is 9.86. The third-order valence-corrected chi connectivity index (χ3v) is 4.86. The van der Waals surface area contributed by atoms with E-state index in [1.807, 2.05) is 6.92 Å². The minimum Gasteiger partial charge on any atom is -0.481 e. The molecule has 132 valence electrons. The summed E-state index contributed by atoms with van der Waals surface area (Å²) in [5.41, 5.74) is 2.36. The molecule has 0 aliphatic heterocycles. The normalized spacial score (nSPS) is 22.0. The molecule has 1 aromatic carbocycles. The summed E-state index contributed by atoms with van der Waals surface area (Å²) in [5.74, 6) is -0.493. The van der Waals surface area contributed by atoms with Crippen LogP contribution in [-0.2, 0) is 4.79 Å². The molecule has 0 heterocycles. The van der Waals surface area contributed by atoms with E-state index in [4.69, 9.17) is 5.11 Å². The lowest BCUT2D eigenvalue weighted by molar-refractivity contribution is -0.142. The van der Waals surface area contributed by atoms with Crippen molar-refractivity contribution in [3.63, 3.8) is 0 Å². The first kappa shape index (κ1) is 18.3. The first-order valence-electron chi connectivity index (χ1n) is 8.76. The molecular weight excluding hydrogens is 304 g/mol. The van der Waals surface area contributed by atoms with Crippen LogP contribution in [0.5, 0.6) is 0 Å². The van der Waals surface area contributed by atoms with Gasteiger partial charge in [0, 0.05) is 6.04 Å². The number of amides is 2. The Hall–Kier alpha value is -2.04. The van der Waals surface area contributed by atoms with Crippen molar-refractivity contribution in [3.05, 3.63) is 35.4 Å². The fourth-order valence-electron chi connectivity index (χ4n) is 3.16. The van der Waals surface area contributed by atoms with Crippen molar-refractivity contribution in [3.8, 4) is 0 Å². The molecule has 1 unspecified atom stereocenters. The van der Waals surface area contributed by atoms with Crippen molar-refractivity contribution in [2.24, 2.45) is 5.92 Å². The summed E-state index contributed by atoms with van der Waals surface area (Å²) in [4.78, 5) is 23.1. The van der Waals surface area contributed by atoms with E-state index >= 15 is 0 Å². The SMILES string of the molecule is CC(C)c1ccc(C(C)NC(=O)NC2CCC(C(=O)O)CC2)cc1. The molecule has 2 amide bonds. The highest BCUT2D eigenvalue weighted by Crippen LogP contribution is 2.24. The number of carbonyl (C=O) groups excluding carboxylic acids is 1. The van der Waals surface area contributed by atoms with Crippen LogP contribution in [-0.4, -0.2) is 23.1 Å². The van der Waals surface area contributed by atoms with E-state index in [-0.39, 0.29) is 24.0 Å². The lowest BCUT2D eigenvalue weighted by Gasteiger charge is -2.27. The maximum absolute atomic E-state index is 12.1. The summed E-state index contributed by atoms with van der Waals surface area (Å²) < 4.78 is 0. The molecule has 1 aliphatic carbocycles. The van der Waals surface area contributed by atoms with Gasteiger partial charge in [0.25, 0.3) is 0 Å². The van der Waals surface area contributed by atoms with Gasteiger partial charge in [0.1, 0.15) is 0 Å². The maximum Gasteiger partial charge on any atom is 0.315 e. The largest absolute Gasteiger partial charge is 0.481 e. The number of hydrogen-bond acceptors (Lipinski definition) is 2. The molecule has 5 nitrogen and oxygen atoms in total. The zero-order valence-electron chi connectivity index (χ0n) is 14.7. The first-order chi connectivity index (χ1) is 11.4. The van der Waals surface area contributed by atoms with Gasteiger partial charge < -0.3 is 15.7 Å². The molecule has 1 atom stereocenters. The minimum absolute atomic E-state index is 0.0658. The summed E-state index contributed by atoms with van der Waals surface area (Å²) in [7, 11) is 0. The molecule has 2 rings (SSSR count). The number of hydrogen-bond donors (Lipinski definition) is 3. The second-order valence-corrected chi connectivity index (χ2v) is 7.05. The summed E-state index contributed by atoms with van der Waals surface area (Å²) in [5, 5.41) is 14.9. The molecule has 3 N–H and O–H groups in total. The van der Waals surface area contributed by atoms with E-state index in [0.29, 0.717) is 18.8 Å². The molecule has 0 spiro atoms. The van der Waals surface area contributed by atoms with Gasteiger partial charge in [-0.3, -0.25) is 4.79 Å². The molecule has 0 bridgehead atoms. The zero-order chi connectivity index (χ0) is 17.7. The Bertz CT molecular complexity index is 560. The van der Waals surface area contributed by atoms with Crippen LogP contribution in [0, 0.1) is 5.92 Å². The van der Waals surface area contributed by atoms with Gasteiger partial charge in [0.15, 0.2) is 0 Å². The smallest absolute Gasteiger partial charge is 0.315 e. The second-order valence-electron chi connectivity index (χ2n) is 7.05. The van der Waals surface area contributed by atoms with Crippen molar-refractivity contribution in [2.45, 2.75) is 64.5 Å². The fraction of sp³-hybridized carbons (Fsp3) is 0.579. The van der Waals surface area contributed by atoms with E-state index in [9.17, 15) is 9.59 Å². The van der Waals surface area contributed by atoms with E-state index in [0.717, 1.165) is 18.4 Å². The molecule has 24 heavy (non-hydrogen) atoms. The van der Waals surface area contributed by atoms with Gasteiger partial charge >= 0.3 is 12.0 Å². The molecule has 1 aromatic rings. The topological polar surface area (TPSA) is 78.4 Å². The van der Waals surface area contributed by atoms with Crippen LogP contribution in [0.3, 0.4) is 0 Å². The quantitative estimate of drug-likeness (QED) is 0.767. The summed E-state index contributed by atoms with van der Waals surface area (Å²) in [6, 6.07) is 8.12. The van der Waals surface area contributed by atoms with Gasteiger partial charge in [-0.1, -0.05) is 38.1 Å². The maximum atomic E-state index is 12.1. The highest BCUT2D eigenvalue weighted by Gasteiger charge is 2.26. The number of aliphatic carboxylic acids is 1. The highest BCUT2D eigenvalue weighted by molar-refractivity contribution is 5.75. The van der Waals surface area contributed by atoms with Crippen LogP contribution in [0.25, 0.3) is 0 Å². The Morgan fingerprint density at radius 2 is 1.54 bits per heavy atom. The third kappa shape index (κ3) is 4.98. The van der Waals surface area contributed by atoms with Crippen molar-refractivity contribution in [2.75, 3.05) is 0 Å². The molecule has 1 saturated carbocycles. The fourth-order valence-corrected chi connectivity index (χ4v) is 3.16. The van der Waals surface area contributed by atoms with Crippen molar-refractivity contribution >= 4 is 12.0 Å². The summed E-state index contributed by atoms with van der Waals surface area (Å²) in [6.45, 7) is 6.28. The minimum atomic E-state index is -0.726. The van der Waals surface area contributed by atoms with Crippen LogP contribution >= 0.6 is 0 Å². The van der Waals surface area contributed by atoms with E-state index in [2.05, 4.69) is 48.7 Å². The van der Waals surface area contributed by atoms with Gasteiger partial charge in [-0.05, 0) is 49.7 Å². The predicted octanol–water partition coefficient (Wildman–Crippen LogP) is 3.81. The van der Waals surface area contributed by atoms with Crippen molar-refractivity contribution < 1.29 is 14.7 Å². The van der Waals surface area contributed by atoms with E-state index in [1.165, 1.54) is 5.56 Å². The van der Waals surface area contributed by atoms with Crippen LogP contribution in [0.2, 0.25) is 0 Å². The Morgan fingerprint density at radius 1 is 1.00 bits per heavy atom. The molecule has 0 radical (unpaired) electrons. The molecule has 0 saturated heterocycles. The summed E-state index contributed by atoms with van der Waals surface area (Å²) >= 11 is 0. The second kappa shape index (κ2) is 8.18. The molecule has 5 heteroatoms. The average Bonchev–Trinajstić information content (AvgIpc) is 2.55. The van der Waals surface area contributed by atoms with Gasteiger partial charge in [-0.2, -0.15) is 0 Å². The number of urea groups is 1.